The molecule has 5 heteroatoms. The molecule has 3 nitrogen and oxygen atoms in total. The van der Waals surface area contributed by atoms with Crippen molar-refractivity contribution in [3.05, 3.63) is 40.3 Å². The van der Waals surface area contributed by atoms with Crippen LogP contribution in [0.5, 0.6) is 5.75 Å². The summed E-state index contributed by atoms with van der Waals surface area (Å²) >= 11 is 1.72. The van der Waals surface area contributed by atoms with Crippen molar-refractivity contribution in [2.24, 2.45) is 0 Å². The topological polar surface area (TPSA) is 47.3 Å². The van der Waals surface area contributed by atoms with E-state index in [4.69, 9.17) is 10.5 Å². The Morgan fingerprint density at radius 1 is 1.40 bits per heavy atom. The molecule has 20 heavy (non-hydrogen) atoms. The summed E-state index contributed by atoms with van der Waals surface area (Å²) in [5, 5.41) is 5.28. The lowest BCUT2D eigenvalue weighted by Crippen LogP contribution is -2.07. The number of ether oxygens (including phenoxy) is 1. The molecule has 3 N–H and O–H groups in total. The van der Waals surface area contributed by atoms with Crippen LogP contribution in [0.15, 0.2) is 29.6 Å². The molecule has 0 radical (unpaired) electrons. The molecule has 1 aromatic heterocycles. The van der Waals surface area contributed by atoms with Crippen LogP contribution in [0, 0.1) is 5.82 Å². The second-order valence-corrected chi connectivity index (χ2v) is 5.51. The Morgan fingerprint density at radius 2 is 2.25 bits per heavy atom. The van der Waals surface area contributed by atoms with E-state index in [2.05, 4.69) is 16.8 Å². The quantitative estimate of drug-likeness (QED) is 0.761. The lowest BCUT2D eigenvalue weighted by Gasteiger charge is -2.12. The second kappa shape index (κ2) is 7.14. The van der Waals surface area contributed by atoms with Gasteiger partial charge in [-0.05, 0) is 24.3 Å². The molecule has 108 valence electrons. The number of thiophene rings is 1. The first-order valence-corrected chi connectivity index (χ1v) is 7.56. The van der Waals surface area contributed by atoms with E-state index in [1.54, 1.807) is 17.4 Å². The van der Waals surface area contributed by atoms with Crippen molar-refractivity contribution in [3.8, 4) is 5.75 Å². The molecular formula is C15H19FN2OS. The number of hydrogen-bond acceptors (Lipinski definition) is 4. The molecule has 1 aromatic carbocycles. The standard InChI is InChI=1S/C15H19FN2OS/c1-2-7-19-15-10-14(13(17)9-12(15)16)18-6-5-11-4-3-8-20-11/h3-4,8-10,18H,2,5-7,17H2,1H3. The molecule has 0 saturated carbocycles. The fraction of sp³-hybridized carbons (Fsp3) is 0.333. The lowest BCUT2D eigenvalue weighted by atomic mass is 10.2. The summed E-state index contributed by atoms with van der Waals surface area (Å²) in [7, 11) is 0. The van der Waals surface area contributed by atoms with Gasteiger partial charge < -0.3 is 15.8 Å². The van der Waals surface area contributed by atoms with Gasteiger partial charge in [-0.2, -0.15) is 0 Å². The van der Waals surface area contributed by atoms with Crippen molar-refractivity contribution in [2.45, 2.75) is 19.8 Å². The van der Waals surface area contributed by atoms with E-state index in [1.807, 2.05) is 13.0 Å². The summed E-state index contributed by atoms with van der Waals surface area (Å²) in [6, 6.07) is 7.06. The van der Waals surface area contributed by atoms with Crippen LogP contribution in [-0.2, 0) is 6.42 Å². The van der Waals surface area contributed by atoms with E-state index >= 15 is 0 Å². The fourth-order valence-electron chi connectivity index (χ4n) is 1.82. The van der Waals surface area contributed by atoms with E-state index in [1.165, 1.54) is 10.9 Å². The highest BCUT2D eigenvalue weighted by atomic mass is 32.1. The average molecular weight is 294 g/mol. The molecule has 0 aliphatic heterocycles. The Morgan fingerprint density at radius 3 is 2.95 bits per heavy atom. The van der Waals surface area contributed by atoms with Gasteiger partial charge in [0.2, 0.25) is 0 Å². The molecule has 2 aromatic rings. The first-order chi connectivity index (χ1) is 9.70. The number of benzene rings is 1. The first-order valence-electron chi connectivity index (χ1n) is 6.68. The van der Waals surface area contributed by atoms with Crippen LogP contribution in [0.3, 0.4) is 0 Å². The van der Waals surface area contributed by atoms with E-state index in [0.717, 1.165) is 19.4 Å². The Labute approximate surface area is 122 Å². The van der Waals surface area contributed by atoms with Gasteiger partial charge in [0.1, 0.15) is 0 Å². The van der Waals surface area contributed by atoms with E-state index < -0.39 is 5.82 Å². The number of hydrogen-bond donors (Lipinski definition) is 2. The predicted octanol–water partition coefficient (Wildman–Crippen LogP) is 3.91. The van der Waals surface area contributed by atoms with Gasteiger partial charge in [-0.15, -0.1) is 11.3 Å². The van der Waals surface area contributed by atoms with Crippen LogP contribution in [0.2, 0.25) is 0 Å². The van der Waals surface area contributed by atoms with Gasteiger partial charge in [-0.3, -0.25) is 0 Å². The van der Waals surface area contributed by atoms with Gasteiger partial charge in [0.15, 0.2) is 11.6 Å². The maximum atomic E-state index is 13.7. The second-order valence-electron chi connectivity index (χ2n) is 4.47. The third kappa shape index (κ3) is 3.87. The molecule has 0 saturated heterocycles. The molecule has 0 spiro atoms. The van der Waals surface area contributed by atoms with Gasteiger partial charge in [0.05, 0.1) is 18.0 Å². The minimum absolute atomic E-state index is 0.250. The van der Waals surface area contributed by atoms with E-state index in [-0.39, 0.29) is 5.75 Å². The first kappa shape index (κ1) is 14.7. The fourth-order valence-corrected chi connectivity index (χ4v) is 2.53. The van der Waals surface area contributed by atoms with E-state index in [0.29, 0.717) is 18.0 Å². The summed E-state index contributed by atoms with van der Waals surface area (Å²) in [5.41, 5.74) is 6.94. The third-order valence-electron chi connectivity index (χ3n) is 2.83. The summed E-state index contributed by atoms with van der Waals surface area (Å²) < 4.78 is 19.0. The summed E-state index contributed by atoms with van der Waals surface area (Å²) in [4.78, 5) is 1.31. The lowest BCUT2D eigenvalue weighted by molar-refractivity contribution is 0.301. The van der Waals surface area contributed by atoms with Gasteiger partial charge in [-0.1, -0.05) is 13.0 Å². The average Bonchev–Trinajstić information content (AvgIpc) is 2.93. The van der Waals surface area contributed by atoms with Crippen LogP contribution in [0.1, 0.15) is 18.2 Å². The highest BCUT2D eigenvalue weighted by Crippen LogP contribution is 2.28. The molecule has 0 fully saturated rings. The Hall–Kier alpha value is -1.75. The monoisotopic (exact) mass is 294 g/mol. The van der Waals surface area contributed by atoms with Crippen molar-refractivity contribution in [1.29, 1.82) is 0 Å². The summed E-state index contributed by atoms with van der Waals surface area (Å²) in [5.74, 6) is -0.167. The van der Waals surface area contributed by atoms with Crippen molar-refractivity contribution < 1.29 is 9.13 Å². The molecule has 2 rings (SSSR count). The number of nitrogens with one attached hydrogen (secondary N) is 1. The number of nitrogens with two attached hydrogens (primary N) is 1. The molecule has 0 unspecified atom stereocenters. The summed E-state index contributed by atoms with van der Waals surface area (Å²) in [6.45, 7) is 3.23. The maximum absolute atomic E-state index is 13.7. The number of rotatable bonds is 7. The zero-order valence-electron chi connectivity index (χ0n) is 11.5. The third-order valence-corrected chi connectivity index (χ3v) is 3.77. The highest BCUT2D eigenvalue weighted by Gasteiger charge is 2.09. The van der Waals surface area contributed by atoms with Crippen LogP contribution < -0.4 is 15.8 Å². The van der Waals surface area contributed by atoms with Crippen molar-refractivity contribution in [2.75, 3.05) is 24.2 Å². The Bertz CT molecular complexity index is 543. The van der Waals surface area contributed by atoms with Crippen LogP contribution in [0.4, 0.5) is 15.8 Å². The molecule has 1 heterocycles. The number of nitrogen functional groups attached to an aromatic ring is 1. The normalized spacial score (nSPS) is 10.5. The van der Waals surface area contributed by atoms with Crippen LogP contribution >= 0.6 is 11.3 Å². The van der Waals surface area contributed by atoms with Crippen LogP contribution in [0.25, 0.3) is 0 Å². The number of halogens is 1. The predicted molar refractivity (Wildman–Crippen MR) is 83.1 cm³/mol. The minimum Gasteiger partial charge on any atom is -0.490 e. The maximum Gasteiger partial charge on any atom is 0.167 e. The molecule has 0 bridgehead atoms. The van der Waals surface area contributed by atoms with Gasteiger partial charge >= 0.3 is 0 Å². The highest BCUT2D eigenvalue weighted by molar-refractivity contribution is 7.09. The molecule has 0 atom stereocenters. The van der Waals surface area contributed by atoms with E-state index in [9.17, 15) is 4.39 Å². The molecule has 0 amide bonds. The zero-order chi connectivity index (χ0) is 14.4. The van der Waals surface area contributed by atoms with Crippen molar-refractivity contribution >= 4 is 22.7 Å². The van der Waals surface area contributed by atoms with Crippen molar-refractivity contribution in [3.63, 3.8) is 0 Å². The van der Waals surface area contributed by atoms with Crippen LogP contribution in [-0.4, -0.2) is 13.2 Å². The Kier molecular flexibility index (Phi) is 5.24. The van der Waals surface area contributed by atoms with Gasteiger partial charge in [-0.25, -0.2) is 4.39 Å². The largest absolute Gasteiger partial charge is 0.490 e. The smallest absolute Gasteiger partial charge is 0.167 e. The van der Waals surface area contributed by atoms with Crippen molar-refractivity contribution in [1.82, 2.24) is 0 Å². The van der Waals surface area contributed by atoms with Gasteiger partial charge in [0, 0.05) is 23.6 Å². The molecular weight excluding hydrogens is 275 g/mol. The SMILES string of the molecule is CCCOc1cc(NCCc2cccs2)c(N)cc1F. The molecule has 0 aliphatic rings. The zero-order valence-corrected chi connectivity index (χ0v) is 12.3. The summed E-state index contributed by atoms with van der Waals surface area (Å²) in [6.07, 6.45) is 1.75. The Balaban J connectivity index is 1.99. The van der Waals surface area contributed by atoms with Gasteiger partial charge in [0.25, 0.3) is 0 Å². The minimum atomic E-state index is -0.417. The number of anilines is 2. The molecule has 0 aliphatic carbocycles.